The zero-order valence-electron chi connectivity index (χ0n) is 23.9. The molecule has 0 aliphatic carbocycles. The Hall–Kier alpha value is -4.46. The number of carbonyl (C=O) groups excluding carboxylic acids is 1. The average Bonchev–Trinajstić information content (AvgIpc) is 3.57. The summed E-state index contributed by atoms with van der Waals surface area (Å²) in [6, 6.07) is 22.4. The molecule has 5 rings (SSSR count). The summed E-state index contributed by atoms with van der Waals surface area (Å²) in [5, 5.41) is 18.3. The molecule has 5 aromatic rings. The standard InChI is InChI=1S/C32H36N6O2/c1-19(2)25-10-8-11-26(16-25)21(4)33-32(39)27-13-14-30-29(17-27)20(3)22(5)38(30)18-24-9-7-12-28(15-24)40-23(6)31-34-36-37-35-31/h7-17,19,21,23H,18H2,1-6H3,(H,33,39)(H,34,35,36,37)/t21-,23?/m0/s1. The van der Waals surface area contributed by atoms with Crippen LogP contribution < -0.4 is 10.1 Å². The van der Waals surface area contributed by atoms with Crippen LogP contribution in [0.25, 0.3) is 10.9 Å². The lowest BCUT2D eigenvalue weighted by Gasteiger charge is -2.17. The molecule has 2 N–H and O–H groups in total. The molecule has 0 aliphatic rings. The van der Waals surface area contributed by atoms with Crippen LogP contribution in [0.15, 0.2) is 66.7 Å². The quantitative estimate of drug-likeness (QED) is 0.222. The summed E-state index contributed by atoms with van der Waals surface area (Å²) in [5.41, 5.74) is 7.57. The average molecular weight is 537 g/mol. The topological polar surface area (TPSA) is 97.7 Å². The van der Waals surface area contributed by atoms with Gasteiger partial charge in [-0.25, -0.2) is 0 Å². The van der Waals surface area contributed by atoms with Gasteiger partial charge in [0.25, 0.3) is 5.91 Å². The summed E-state index contributed by atoms with van der Waals surface area (Å²) in [6.45, 7) is 13.2. The first-order valence-electron chi connectivity index (χ1n) is 13.7. The highest BCUT2D eigenvalue weighted by atomic mass is 16.5. The highest BCUT2D eigenvalue weighted by Gasteiger charge is 2.17. The van der Waals surface area contributed by atoms with E-state index in [4.69, 9.17) is 4.74 Å². The monoisotopic (exact) mass is 536 g/mol. The summed E-state index contributed by atoms with van der Waals surface area (Å²) in [7, 11) is 0. The Bertz CT molecular complexity index is 1640. The predicted octanol–water partition coefficient (Wildman–Crippen LogP) is 6.57. The molecule has 0 spiro atoms. The smallest absolute Gasteiger partial charge is 0.251 e. The van der Waals surface area contributed by atoms with E-state index in [2.05, 4.69) is 88.5 Å². The maximum absolute atomic E-state index is 13.2. The summed E-state index contributed by atoms with van der Waals surface area (Å²) >= 11 is 0. The number of aromatic amines is 1. The van der Waals surface area contributed by atoms with Crippen molar-refractivity contribution in [2.24, 2.45) is 0 Å². The molecule has 8 heteroatoms. The molecule has 3 aromatic carbocycles. The Labute approximate surface area is 234 Å². The molecule has 0 fully saturated rings. The van der Waals surface area contributed by atoms with Gasteiger partial charge in [-0.2, -0.15) is 5.21 Å². The number of hydrogen-bond acceptors (Lipinski definition) is 5. The van der Waals surface area contributed by atoms with Crippen molar-refractivity contribution in [3.8, 4) is 5.75 Å². The number of benzene rings is 3. The Kier molecular flexibility index (Phi) is 7.69. The number of nitrogens with zero attached hydrogens (tertiary/aromatic N) is 4. The lowest BCUT2D eigenvalue weighted by atomic mass is 9.98. The molecule has 8 nitrogen and oxygen atoms in total. The Balaban J connectivity index is 1.35. The summed E-state index contributed by atoms with van der Waals surface area (Å²) in [6.07, 6.45) is -0.322. The number of ether oxygens (including phenoxy) is 1. The molecular formula is C32H36N6O2. The number of tetrazole rings is 1. The van der Waals surface area contributed by atoms with Gasteiger partial charge in [-0.1, -0.05) is 55.5 Å². The van der Waals surface area contributed by atoms with Gasteiger partial charge in [-0.05, 0) is 86.2 Å². The molecule has 0 saturated heterocycles. The molecule has 40 heavy (non-hydrogen) atoms. The number of nitrogens with one attached hydrogen (secondary N) is 2. The van der Waals surface area contributed by atoms with Gasteiger partial charge in [-0.15, -0.1) is 10.2 Å². The van der Waals surface area contributed by atoms with Crippen molar-refractivity contribution in [2.45, 2.75) is 66.2 Å². The lowest BCUT2D eigenvalue weighted by Crippen LogP contribution is -2.26. The first-order valence-corrected chi connectivity index (χ1v) is 13.7. The minimum absolute atomic E-state index is 0.0743. The predicted molar refractivity (Wildman–Crippen MR) is 157 cm³/mol. The van der Waals surface area contributed by atoms with Crippen molar-refractivity contribution < 1.29 is 9.53 Å². The fraction of sp³-hybridized carbons (Fsp3) is 0.312. The molecule has 0 radical (unpaired) electrons. The van der Waals surface area contributed by atoms with Crippen molar-refractivity contribution in [1.29, 1.82) is 0 Å². The molecule has 206 valence electrons. The van der Waals surface area contributed by atoms with Gasteiger partial charge in [0.15, 0.2) is 6.10 Å². The van der Waals surface area contributed by atoms with Crippen LogP contribution in [-0.4, -0.2) is 31.1 Å². The third-order valence-corrected chi connectivity index (χ3v) is 7.60. The first kappa shape index (κ1) is 27.1. The van der Waals surface area contributed by atoms with Crippen molar-refractivity contribution >= 4 is 16.8 Å². The molecule has 2 aromatic heterocycles. The summed E-state index contributed by atoms with van der Waals surface area (Å²) in [5.74, 6) is 1.62. The zero-order chi connectivity index (χ0) is 28.4. The highest BCUT2D eigenvalue weighted by Crippen LogP contribution is 2.29. The third kappa shape index (κ3) is 5.61. The van der Waals surface area contributed by atoms with E-state index in [1.807, 2.05) is 50.2 Å². The fourth-order valence-corrected chi connectivity index (χ4v) is 5.04. The SMILES string of the molecule is Cc1c(C)n(Cc2cccc(OC(C)c3nn[nH]n3)c2)c2ccc(C(=O)N[C@@H](C)c3cccc(C(C)C)c3)cc12. The van der Waals surface area contributed by atoms with Gasteiger partial charge in [0, 0.05) is 28.7 Å². The number of aryl methyl sites for hydroxylation is 1. The molecule has 2 heterocycles. The molecular weight excluding hydrogens is 500 g/mol. The van der Waals surface area contributed by atoms with Crippen LogP contribution in [0.3, 0.4) is 0 Å². The van der Waals surface area contributed by atoms with Gasteiger partial charge >= 0.3 is 0 Å². The maximum atomic E-state index is 13.2. The lowest BCUT2D eigenvalue weighted by molar-refractivity contribution is 0.0940. The van der Waals surface area contributed by atoms with Crippen LogP contribution in [-0.2, 0) is 6.54 Å². The molecule has 0 bridgehead atoms. The number of carbonyl (C=O) groups is 1. The van der Waals surface area contributed by atoms with Crippen LogP contribution >= 0.6 is 0 Å². The van der Waals surface area contributed by atoms with Gasteiger partial charge in [0.2, 0.25) is 5.82 Å². The Morgan fingerprint density at radius 3 is 2.50 bits per heavy atom. The second kappa shape index (κ2) is 11.3. The largest absolute Gasteiger partial charge is 0.483 e. The number of fused-ring (bicyclic) bond motifs is 1. The maximum Gasteiger partial charge on any atom is 0.251 e. The van der Waals surface area contributed by atoms with Gasteiger partial charge in [0.05, 0.1) is 6.04 Å². The van der Waals surface area contributed by atoms with E-state index in [0.29, 0.717) is 23.9 Å². The number of aromatic nitrogens is 5. The zero-order valence-corrected chi connectivity index (χ0v) is 23.9. The van der Waals surface area contributed by atoms with E-state index < -0.39 is 0 Å². The third-order valence-electron chi connectivity index (χ3n) is 7.60. The van der Waals surface area contributed by atoms with Crippen molar-refractivity contribution in [3.63, 3.8) is 0 Å². The van der Waals surface area contributed by atoms with Gasteiger partial charge in [-0.3, -0.25) is 4.79 Å². The molecule has 1 amide bonds. The van der Waals surface area contributed by atoms with E-state index >= 15 is 0 Å². The van der Waals surface area contributed by atoms with Gasteiger partial charge in [0.1, 0.15) is 5.75 Å². The Morgan fingerprint density at radius 1 is 0.975 bits per heavy atom. The minimum atomic E-state index is -0.322. The van der Waals surface area contributed by atoms with Crippen LogP contribution in [0.4, 0.5) is 0 Å². The van der Waals surface area contributed by atoms with Crippen molar-refractivity contribution in [3.05, 3.63) is 106 Å². The Morgan fingerprint density at radius 2 is 1.75 bits per heavy atom. The van der Waals surface area contributed by atoms with Crippen LogP contribution in [0.5, 0.6) is 5.75 Å². The van der Waals surface area contributed by atoms with Crippen LogP contribution in [0.2, 0.25) is 0 Å². The molecule has 1 unspecified atom stereocenters. The van der Waals surface area contributed by atoms with E-state index in [0.717, 1.165) is 33.5 Å². The second-order valence-corrected chi connectivity index (χ2v) is 10.7. The molecule has 0 saturated carbocycles. The van der Waals surface area contributed by atoms with Crippen LogP contribution in [0.1, 0.15) is 89.9 Å². The first-order chi connectivity index (χ1) is 19.2. The van der Waals surface area contributed by atoms with E-state index in [-0.39, 0.29) is 18.1 Å². The van der Waals surface area contributed by atoms with Crippen molar-refractivity contribution in [2.75, 3.05) is 0 Å². The number of H-pyrrole nitrogens is 1. The normalized spacial score (nSPS) is 13.0. The number of rotatable bonds is 9. The molecule has 0 aliphatic heterocycles. The highest BCUT2D eigenvalue weighted by molar-refractivity contribution is 5.99. The summed E-state index contributed by atoms with van der Waals surface area (Å²) < 4.78 is 8.33. The van der Waals surface area contributed by atoms with Crippen LogP contribution in [0, 0.1) is 13.8 Å². The minimum Gasteiger partial charge on any atom is -0.483 e. The van der Waals surface area contributed by atoms with E-state index in [9.17, 15) is 4.79 Å². The number of hydrogen-bond donors (Lipinski definition) is 2. The van der Waals surface area contributed by atoms with Gasteiger partial charge < -0.3 is 14.6 Å². The van der Waals surface area contributed by atoms with Crippen molar-refractivity contribution in [1.82, 2.24) is 30.5 Å². The molecule has 2 atom stereocenters. The number of amides is 1. The van der Waals surface area contributed by atoms with E-state index in [1.54, 1.807) is 0 Å². The van der Waals surface area contributed by atoms with E-state index in [1.165, 1.54) is 11.1 Å². The summed E-state index contributed by atoms with van der Waals surface area (Å²) in [4.78, 5) is 13.2. The fourth-order valence-electron chi connectivity index (χ4n) is 5.04. The second-order valence-electron chi connectivity index (χ2n) is 10.7.